The molecule has 0 saturated carbocycles. The minimum atomic E-state index is -0.552. The lowest BCUT2D eigenvalue weighted by molar-refractivity contribution is -0.384. The van der Waals surface area contributed by atoms with Crippen molar-refractivity contribution in [2.75, 3.05) is 6.54 Å². The minimum absolute atomic E-state index is 0.0620. The van der Waals surface area contributed by atoms with Crippen molar-refractivity contribution < 1.29 is 14.8 Å². The highest BCUT2D eigenvalue weighted by Crippen LogP contribution is 2.32. The summed E-state index contributed by atoms with van der Waals surface area (Å²) < 4.78 is 0.930. The third kappa shape index (κ3) is 3.05. The number of fused-ring (bicyclic) bond motifs is 1. The fourth-order valence-electron chi connectivity index (χ4n) is 2.80. The Kier molecular flexibility index (Phi) is 4.24. The van der Waals surface area contributed by atoms with Gasteiger partial charge in [-0.2, -0.15) is 0 Å². The number of hydrogen-bond donors (Lipinski definition) is 3. The van der Waals surface area contributed by atoms with Crippen LogP contribution in [0.2, 0.25) is 0 Å². The number of benzene rings is 2. The Balaban J connectivity index is 1.52. The van der Waals surface area contributed by atoms with Crippen molar-refractivity contribution in [2.45, 2.75) is 0 Å². The fourth-order valence-corrected chi connectivity index (χ4v) is 3.83. The van der Waals surface area contributed by atoms with E-state index in [0.717, 1.165) is 10.2 Å². The topological polar surface area (TPSA) is 132 Å². The Morgan fingerprint density at radius 2 is 1.96 bits per heavy atom. The molecule has 0 aliphatic carbocycles. The Labute approximate surface area is 162 Å². The summed E-state index contributed by atoms with van der Waals surface area (Å²) in [6.45, 7) is -0.0667. The normalized spacial score (nSPS) is 14.0. The molecule has 0 fully saturated rings. The number of nitrogens with zero attached hydrogens (tertiary/aromatic N) is 3. The van der Waals surface area contributed by atoms with Crippen LogP contribution in [0.5, 0.6) is 0 Å². The second-order valence-electron chi connectivity index (χ2n) is 5.99. The number of amides is 1. The van der Waals surface area contributed by atoms with E-state index in [4.69, 9.17) is 5.41 Å². The van der Waals surface area contributed by atoms with Crippen LogP contribution in [-0.4, -0.2) is 38.3 Å². The summed E-state index contributed by atoms with van der Waals surface area (Å²) in [5.74, 6) is -0.683. The second-order valence-corrected chi connectivity index (χ2v) is 7.02. The number of carbonyl (C=O) groups is 1. The van der Waals surface area contributed by atoms with E-state index in [2.05, 4.69) is 10.4 Å². The average Bonchev–Trinajstić information content (AvgIpc) is 3.22. The van der Waals surface area contributed by atoms with Crippen LogP contribution in [0.15, 0.2) is 54.3 Å². The van der Waals surface area contributed by atoms with Gasteiger partial charge in [0.25, 0.3) is 11.6 Å². The van der Waals surface area contributed by atoms with Crippen LogP contribution < -0.4 is 5.43 Å². The van der Waals surface area contributed by atoms with Crippen LogP contribution in [0.3, 0.4) is 0 Å². The first kappa shape index (κ1) is 17.6. The number of hydrogen-bond acceptors (Lipinski definition) is 7. The molecule has 140 valence electrons. The van der Waals surface area contributed by atoms with Crippen molar-refractivity contribution in [3.63, 3.8) is 0 Å². The summed E-state index contributed by atoms with van der Waals surface area (Å²) in [5.41, 5.74) is 3.65. The van der Waals surface area contributed by atoms with Gasteiger partial charge in [0.05, 0.1) is 27.3 Å². The SMILES string of the molecule is N=C1C(c2nc3ccccc3s2)=C(O)CN1NC(=O)c1ccc([N+](=O)[O-])cc1. The van der Waals surface area contributed by atoms with Gasteiger partial charge in [-0.15, -0.1) is 11.3 Å². The number of nitro benzene ring substituents is 1. The largest absolute Gasteiger partial charge is 0.509 e. The number of aliphatic hydroxyl groups is 1. The lowest BCUT2D eigenvalue weighted by Crippen LogP contribution is -2.43. The van der Waals surface area contributed by atoms with E-state index in [-0.39, 0.29) is 35.0 Å². The van der Waals surface area contributed by atoms with E-state index >= 15 is 0 Å². The first-order valence-corrected chi connectivity index (χ1v) is 8.95. The maximum Gasteiger partial charge on any atom is 0.269 e. The zero-order valence-electron chi connectivity index (χ0n) is 14.2. The second kappa shape index (κ2) is 6.74. The molecular formula is C18H13N5O4S. The number of carbonyl (C=O) groups excluding carboxylic acids is 1. The molecule has 0 saturated heterocycles. The summed E-state index contributed by atoms with van der Waals surface area (Å²) >= 11 is 1.35. The highest BCUT2D eigenvalue weighted by molar-refractivity contribution is 7.19. The van der Waals surface area contributed by atoms with Crippen LogP contribution in [0.4, 0.5) is 5.69 Å². The standard InChI is InChI=1S/C18H13N5O4S/c19-16-15(18-20-12-3-1-2-4-14(12)28-18)13(24)9-22(16)21-17(25)10-5-7-11(8-6-10)23(26)27/h1-8,19,24H,9H2,(H,21,25). The first-order valence-electron chi connectivity index (χ1n) is 8.14. The van der Waals surface area contributed by atoms with Gasteiger partial charge in [-0.25, -0.2) is 4.98 Å². The highest BCUT2D eigenvalue weighted by atomic mass is 32.1. The predicted molar refractivity (Wildman–Crippen MR) is 104 cm³/mol. The molecule has 10 heteroatoms. The van der Waals surface area contributed by atoms with Crippen molar-refractivity contribution in [3.05, 3.63) is 75.0 Å². The van der Waals surface area contributed by atoms with Gasteiger partial charge in [-0.1, -0.05) is 12.1 Å². The predicted octanol–water partition coefficient (Wildman–Crippen LogP) is 3.11. The third-order valence-electron chi connectivity index (χ3n) is 4.19. The number of rotatable bonds is 4. The molecule has 0 atom stereocenters. The number of nitrogens with one attached hydrogen (secondary N) is 2. The van der Waals surface area contributed by atoms with Crippen molar-refractivity contribution in [2.24, 2.45) is 0 Å². The molecule has 2 heterocycles. The zero-order valence-corrected chi connectivity index (χ0v) is 15.1. The maximum absolute atomic E-state index is 12.4. The fraction of sp³-hybridized carbons (Fsp3) is 0.0556. The molecule has 3 aromatic rings. The molecule has 9 nitrogen and oxygen atoms in total. The molecule has 0 bridgehead atoms. The van der Waals surface area contributed by atoms with E-state index in [1.54, 1.807) is 0 Å². The molecule has 0 radical (unpaired) electrons. The number of hydrazine groups is 1. The van der Waals surface area contributed by atoms with Gasteiger partial charge in [0.2, 0.25) is 0 Å². The van der Waals surface area contributed by atoms with Gasteiger partial charge >= 0.3 is 0 Å². The van der Waals surface area contributed by atoms with Crippen molar-refractivity contribution in [1.29, 1.82) is 5.41 Å². The van der Waals surface area contributed by atoms with Gasteiger partial charge in [0.15, 0.2) is 5.84 Å². The average molecular weight is 395 g/mol. The van der Waals surface area contributed by atoms with E-state index < -0.39 is 10.8 Å². The number of thiazole rings is 1. The van der Waals surface area contributed by atoms with E-state index in [9.17, 15) is 20.0 Å². The summed E-state index contributed by atoms with van der Waals surface area (Å²) in [6, 6.07) is 12.6. The van der Waals surface area contributed by atoms with Crippen molar-refractivity contribution in [1.82, 2.24) is 15.4 Å². The van der Waals surface area contributed by atoms with E-state index in [1.807, 2.05) is 24.3 Å². The molecule has 1 aliphatic heterocycles. The number of non-ortho nitro benzene ring substituents is 1. The van der Waals surface area contributed by atoms with E-state index in [1.165, 1.54) is 40.6 Å². The number of aliphatic hydroxyl groups excluding tert-OH is 1. The summed E-state index contributed by atoms with van der Waals surface area (Å²) in [7, 11) is 0. The van der Waals surface area contributed by atoms with Crippen LogP contribution in [0.1, 0.15) is 15.4 Å². The lowest BCUT2D eigenvalue weighted by atomic mass is 10.2. The van der Waals surface area contributed by atoms with Gasteiger partial charge in [0, 0.05) is 17.7 Å². The van der Waals surface area contributed by atoms with Crippen LogP contribution >= 0.6 is 11.3 Å². The van der Waals surface area contributed by atoms with E-state index in [0.29, 0.717) is 5.01 Å². The number of para-hydroxylation sites is 1. The van der Waals surface area contributed by atoms with Gasteiger partial charge in [-0.3, -0.25) is 30.8 Å². The Morgan fingerprint density at radius 3 is 2.64 bits per heavy atom. The molecule has 28 heavy (non-hydrogen) atoms. The van der Waals surface area contributed by atoms with Crippen LogP contribution in [0.25, 0.3) is 15.8 Å². The quantitative estimate of drug-likeness (QED) is 0.459. The number of aromatic nitrogens is 1. The van der Waals surface area contributed by atoms with Crippen molar-refractivity contribution >= 4 is 44.6 Å². The third-order valence-corrected chi connectivity index (χ3v) is 5.24. The molecular weight excluding hydrogens is 382 g/mol. The maximum atomic E-state index is 12.4. The molecule has 4 rings (SSSR count). The van der Waals surface area contributed by atoms with Crippen LogP contribution in [-0.2, 0) is 0 Å². The monoisotopic (exact) mass is 395 g/mol. The number of amidine groups is 1. The molecule has 1 aromatic heterocycles. The first-order chi connectivity index (χ1) is 13.4. The Bertz CT molecular complexity index is 1120. The molecule has 0 unspecified atom stereocenters. The Morgan fingerprint density at radius 1 is 1.25 bits per heavy atom. The smallest absolute Gasteiger partial charge is 0.269 e. The van der Waals surface area contributed by atoms with Crippen LogP contribution in [0, 0.1) is 15.5 Å². The number of nitro groups is 1. The highest BCUT2D eigenvalue weighted by Gasteiger charge is 2.31. The molecule has 1 aliphatic rings. The van der Waals surface area contributed by atoms with Gasteiger partial charge in [0.1, 0.15) is 10.8 Å². The van der Waals surface area contributed by atoms with Crippen molar-refractivity contribution in [3.8, 4) is 0 Å². The zero-order chi connectivity index (χ0) is 19.8. The molecule has 0 spiro atoms. The summed E-state index contributed by atoms with van der Waals surface area (Å²) in [6.07, 6.45) is 0. The molecule has 1 amide bonds. The van der Waals surface area contributed by atoms with Gasteiger partial charge < -0.3 is 5.11 Å². The molecule has 3 N–H and O–H groups in total. The summed E-state index contributed by atoms with van der Waals surface area (Å²) in [4.78, 5) is 27.0. The molecule has 2 aromatic carbocycles. The minimum Gasteiger partial charge on any atom is -0.509 e. The van der Waals surface area contributed by atoms with Gasteiger partial charge in [-0.05, 0) is 24.3 Å². The summed E-state index contributed by atoms with van der Waals surface area (Å²) in [5, 5.41) is 31.1. The Hall–Kier alpha value is -3.79. The lowest BCUT2D eigenvalue weighted by Gasteiger charge is -2.19.